The lowest BCUT2D eigenvalue weighted by Gasteiger charge is -2.44. The fraction of sp³-hybridized carbons (Fsp3) is 0.536. The van der Waals surface area contributed by atoms with Crippen molar-refractivity contribution in [3.63, 3.8) is 0 Å². The fourth-order valence-corrected chi connectivity index (χ4v) is 5.56. The van der Waals surface area contributed by atoms with E-state index in [2.05, 4.69) is 53.2 Å². The van der Waals surface area contributed by atoms with Crippen LogP contribution in [0.3, 0.4) is 0 Å². The summed E-state index contributed by atoms with van der Waals surface area (Å²) in [6.07, 6.45) is 0. The number of benzene rings is 2. The van der Waals surface area contributed by atoms with E-state index in [1.807, 2.05) is 25.7 Å². The Hall–Kier alpha value is -2.15. The quantitative estimate of drug-likeness (QED) is 0.634. The predicted molar refractivity (Wildman–Crippen MR) is 141 cm³/mol. The SMILES string of the molecule is C[C@@H]1CN(Cc2ccc([C@@H]3CN(C(=O)C(C)(C)C)CCN3c3ccc(Cl)cc3F)cc2)C[C@H](C)N1. The van der Waals surface area contributed by atoms with E-state index in [0.29, 0.717) is 42.4 Å². The minimum Gasteiger partial charge on any atom is -0.359 e. The molecule has 2 heterocycles. The highest BCUT2D eigenvalue weighted by Crippen LogP contribution is 2.35. The number of nitrogens with zero attached hydrogens (tertiary/aromatic N) is 3. The molecule has 0 spiro atoms. The van der Waals surface area contributed by atoms with Crippen molar-refractivity contribution in [3.8, 4) is 0 Å². The zero-order valence-corrected chi connectivity index (χ0v) is 22.3. The van der Waals surface area contributed by atoms with Crippen LogP contribution in [0.2, 0.25) is 5.02 Å². The van der Waals surface area contributed by atoms with Crippen LogP contribution in [0.15, 0.2) is 42.5 Å². The number of hydrogen-bond acceptors (Lipinski definition) is 4. The molecule has 7 heteroatoms. The Bertz CT molecular complexity index is 1030. The molecular formula is C28H38ClFN4O. The zero-order valence-electron chi connectivity index (χ0n) is 21.5. The molecule has 1 N–H and O–H groups in total. The monoisotopic (exact) mass is 500 g/mol. The third-order valence-corrected chi connectivity index (χ3v) is 7.17. The molecule has 4 rings (SSSR count). The van der Waals surface area contributed by atoms with Gasteiger partial charge in [0.15, 0.2) is 0 Å². The van der Waals surface area contributed by atoms with Crippen molar-refractivity contribution in [3.05, 3.63) is 64.4 Å². The second kappa shape index (κ2) is 10.5. The second-order valence-corrected chi connectivity index (χ2v) is 11.6. The summed E-state index contributed by atoms with van der Waals surface area (Å²) < 4.78 is 14.9. The van der Waals surface area contributed by atoms with Gasteiger partial charge in [0.2, 0.25) is 5.91 Å². The molecule has 35 heavy (non-hydrogen) atoms. The third kappa shape index (κ3) is 6.16. The minimum absolute atomic E-state index is 0.122. The van der Waals surface area contributed by atoms with E-state index in [0.717, 1.165) is 25.2 Å². The Labute approximate surface area is 214 Å². The zero-order chi connectivity index (χ0) is 25.3. The van der Waals surface area contributed by atoms with Gasteiger partial charge >= 0.3 is 0 Å². The van der Waals surface area contributed by atoms with Crippen LogP contribution in [0.4, 0.5) is 10.1 Å². The molecule has 2 aliphatic rings. The summed E-state index contributed by atoms with van der Waals surface area (Å²) in [5, 5.41) is 3.96. The Balaban J connectivity index is 1.58. The molecule has 3 atom stereocenters. The van der Waals surface area contributed by atoms with Crippen molar-refractivity contribution in [2.24, 2.45) is 5.41 Å². The Kier molecular flexibility index (Phi) is 7.74. The van der Waals surface area contributed by atoms with Crippen molar-refractivity contribution >= 4 is 23.2 Å². The highest BCUT2D eigenvalue weighted by molar-refractivity contribution is 6.30. The Morgan fingerprint density at radius 3 is 2.29 bits per heavy atom. The summed E-state index contributed by atoms with van der Waals surface area (Å²) in [6.45, 7) is 14.9. The van der Waals surface area contributed by atoms with Gasteiger partial charge in [-0.1, -0.05) is 56.6 Å². The smallest absolute Gasteiger partial charge is 0.228 e. The molecule has 0 bridgehead atoms. The summed E-state index contributed by atoms with van der Waals surface area (Å²) >= 11 is 6.02. The van der Waals surface area contributed by atoms with Crippen molar-refractivity contribution in [1.29, 1.82) is 0 Å². The number of carbonyl (C=O) groups excluding carboxylic acids is 1. The van der Waals surface area contributed by atoms with Gasteiger partial charge in [0.25, 0.3) is 0 Å². The Morgan fingerprint density at radius 2 is 1.69 bits per heavy atom. The maximum absolute atomic E-state index is 14.9. The molecule has 2 aromatic carbocycles. The number of rotatable bonds is 4. The minimum atomic E-state index is -0.459. The van der Waals surface area contributed by atoms with E-state index >= 15 is 0 Å². The molecule has 2 aromatic rings. The van der Waals surface area contributed by atoms with Crippen LogP contribution in [0, 0.1) is 11.2 Å². The molecule has 0 unspecified atom stereocenters. The average molecular weight is 501 g/mol. The van der Waals surface area contributed by atoms with Gasteiger partial charge in [-0.05, 0) is 43.2 Å². The van der Waals surface area contributed by atoms with Crippen LogP contribution in [0.5, 0.6) is 0 Å². The molecule has 2 saturated heterocycles. The highest BCUT2D eigenvalue weighted by atomic mass is 35.5. The second-order valence-electron chi connectivity index (χ2n) is 11.2. The van der Waals surface area contributed by atoms with Gasteiger partial charge in [-0.2, -0.15) is 0 Å². The normalized spacial score (nSPS) is 24.0. The Morgan fingerprint density at radius 1 is 1.03 bits per heavy atom. The van der Waals surface area contributed by atoms with Gasteiger partial charge in [-0.3, -0.25) is 9.69 Å². The van der Waals surface area contributed by atoms with Crippen molar-refractivity contribution in [2.45, 2.75) is 59.3 Å². The summed E-state index contributed by atoms with van der Waals surface area (Å²) in [4.78, 5) is 19.6. The molecular weight excluding hydrogens is 463 g/mol. The van der Waals surface area contributed by atoms with Crippen LogP contribution in [0.25, 0.3) is 0 Å². The molecule has 1 amide bonds. The van der Waals surface area contributed by atoms with Crippen molar-refractivity contribution < 1.29 is 9.18 Å². The maximum atomic E-state index is 14.9. The number of halogens is 2. The van der Waals surface area contributed by atoms with Crippen LogP contribution in [-0.4, -0.2) is 60.5 Å². The molecule has 2 aliphatic heterocycles. The molecule has 0 saturated carbocycles. The van der Waals surface area contributed by atoms with E-state index in [1.54, 1.807) is 12.1 Å². The molecule has 0 aromatic heterocycles. The first kappa shape index (κ1) is 25.9. The first-order valence-electron chi connectivity index (χ1n) is 12.6. The topological polar surface area (TPSA) is 38.8 Å². The number of amides is 1. The maximum Gasteiger partial charge on any atom is 0.228 e. The third-order valence-electron chi connectivity index (χ3n) is 6.93. The van der Waals surface area contributed by atoms with Crippen LogP contribution in [0.1, 0.15) is 51.8 Å². The number of anilines is 1. The van der Waals surface area contributed by atoms with E-state index < -0.39 is 5.41 Å². The summed E-state index contributed by atoms with van der Waals surface area (Å²) in [6, 6.07) is 14.3. The number of carbonyl (C=O) groups is 1. The van der Waals surface area contributed by atoms with Crippen LogP contribution >= 0.6 is 11.6 Å². The van der Waals surface area contributed by atoms with E-state index in [1.165, 1.54) is 11.6 Å². The molecule has 0 aliphatic carbocycles. The fourth-order valence-electron chi connectivity index (χ4n) is 5.40. The lowest BCUT2D eigenvalue weighted by Crippen LogP contribution is -2.53. The van der Waals surface area contributed by atoms with E-state index in [4.69, 9.17) is 11.6 Å². The number of piperazine rings is 2. The van der Waals surface area contributed by atoms with Crippen LogP contribution < -0.4 is 10.2 Å². The highest BCUT2D eigenvalue weighted by Gasteiger charge is 2.36. The van der Waals surface area contributed by atoms with Crippen molar-refractivity contribution in [1.82, 2.24) is 15.1 Å². The molecule has 190 valence electrons. The molecule has 2 fully saturated rings. The predicted octanol–water partition coefficient (Wildman–Crippen LogP) is 5.10. The van der Waals surface area contributed by atoms with Gasteiger partial charge in [-0.25, -0.2) is 4.39 Å². The van der Waals surface area contributed by atoms with Crippen molar-refractivity contribution in [2.75, 3.05) is 37.6 Å². The first-order chi connectivity index (χ1) is 16.5. The molecule has 5 nitrogen and oxygen atoms in total. The summed E-state index contributed by atoms with van der Waals surface area (Å²) in [7, 11) is 0. The van der Waals surface area contributed by atoms with Gasteiger partial charge in [0, 0.05) is 61.8 Å². The largest absolute Gasteiger partial charge is 0.359 e. The standard InChI is InChI=1S/C28H38ClFN4O/c1-19-15-32(16-20(2)31-19)17-21-6-8-22(9-7-21)26-18-33(27(35)28(3,4)5)12-13-34(26)25-11-10-23(29)14-24(25)30/h6-11,14,19-20,26,31H,12-13,15-18H2,1-5H3/t19-,20+,26-/m0/s1. The van der Waals surface area contributed by atoms with Gasteiger partial charge in [0.05, 0.1) is 11.7 Å². The average Bonchev–Trinajstić information content (AvgIpc) is 2.78. The summed E-state index contributed by atoms with van der Waals surface area (Å²) in [5.74, 6) is -0.214. The van der Waals surface area contributed by atoms with Gasteiger partial charge in [-0.15, -0.1) is 0 Å². The van der Waals surface area contributed by atoms with Crippen LogP contribution in [-0.2, 0) is 11.3 Å². The molecule has 0 radical (unpaired) electrons. The van der Waals surface area contributed by atoms with Gasteiger partial charge < -0.3 is 15.1 Å². The number of hydrogen-bond donors (Lipinski definition) is 1. The first-order valence-corrected chi connectivity index (χ1v) is 13.0. The lowest BCUT2D eigenvalue weighted by atomic mass is 9.92. The lowest BCUT2D eigenvalue weighted by molar-refractivity contribution is -0.140. The van der Waals surface area contributed by atoms with E-state index in [-0.39, 0.29) is 17.8 Å². The summed E-state index contributed by atoms with van der Waals surface area (Å²) in [5.41, 5.74) is 2.41. The van der Waals surface area contributed by atoms with Gasteiger partial charge in [0.1, 0.15) is 5.82 Å². The number of nitrogens with one attached hydrogen (secondary N) is 1. The van der Waals surface area contributed by atoms with E-state index in [9.17, 15) is 9.18 Å².